The molecule has 0 unspecified atom stereocenters. The summed E-state index contributed by atoms with van der Waals surface area (Å²) in [5, 5.41) is 1.91. The van der Waals surface area contributed by atoms with Gasteiger partial charge >= 0.3 is 0 Å². The Balaban J connectivity index is 1.43. The Kier molecular flexibility index (Phi) is 5.43. The van der Waals surface area contributed by atoms with Gasteiger partial charge in [-0.05, 0) is 31.2 Å². The molecule has 0 spiro atoms. The van der Waals surface area contributed by atoms with E-state index in [0.717, 1.165) is 5.69 Å². The molecule has 0 aliphatic carbocycles. The van der Waals surface area contributed by atoms with Gasteiger partial charge in [-0.1, -0.05) is 0 Å². The van der Waals surface area contributed by atoms with E-state index in [0.29, 0.717) is 49.1 Å². The minimum absolute atomic E-state index is 0.0792. The maximum absolute atomic E-state index is 12.9. The molecule has 154 valence electrons. The summed E-state index contributed by atoms with van der Waals surface area (Å²) in [6, 6.07) is 7.99. The van der Waals surface area contributed by atoms with E-state index in [1.54, 1.807) is 41.8 Å². The molecule has 1 fully saturated rings. The van der Waals surface area contributed by atoms with Crippen LogP contribution in [0.5, 0.6) is 5.75 Å². The van der Waals surface area contributed by atoms with Crippen molar-refractivity contribution >= 4 is 26.3 Å². The first kappa shape index (κ1) is 20.0. The maximum Gasteiger partial charge on any atom is 0.259 e. The topological polar surface area (TPSA) is 84.2 Å². The van der Waals surface area contributed by atoms with Crippen molar-refractivity contribution in [2.75, 3.05) is 33.3 Å². The summed E-state index contributed by atoms with van der Waals surface area (Å²) >= 11 is 1.45. The van der Waals surface area contributed by atoms with Crippen molar-refractivity contribution in [3.63, 3.8) is 0 Å². The number of sulfonamides is 1. The monoisotopic (exact) mass is 434 g/mol. The predicted molar refractivity (Wildman–Crippen MR) is 111 cm³/mol. The molecular weight excluding hydrogens is 412 g/mol. The van der Waals surface area contributed by atoms with E-state index < -0.39 is 10.0 Å². The van der Waals surface area contributed by atoms with Crippen LogP contribution in [0.15, 0.2) is 45.4 Å². The first-order chi connectivity index (χ1) is 13.9. The summed E-state index contributed by atoms with van der Waals surface area (Å²) in [4.78, 5) is 20.0. The van der Waals surface area contributed by atoms with Gasteiger partial charge < -0.3 is 4.74 Å². The zero-order valence-electron chi connectivity index (χ0n) is 16.2. The Bertz CT molecular complexity index is 1180. The molecule has 2 aromatic heterocycles. The highest BCUT2D eigenvalue weighted by Gasteiger charge is 2.28. The van der Waals surface area contributed by atoms with Crippen LogP contribution in [0.25, 0.3) is 4.96 Å². The maximum atomic E-state index is 12.9. The smallest absolute Gasteiger partial charge is 0.259 e. The van der Waals surface area contributed by atoms with Gasteiger partial charge in [-0.15, -0.1) is 11.3 Å². The average molecular weight is 435 g/mol. The normalized spacial score (nSPS) is 16.3. The second kappa shape index (κ2) is 7.86. The van der Waals surface area contributed by atoms with Crippen molar-refractivity contribution in [2.24, 2.45) is 0 Å². The molecule has 0 N–H and O–H groups in total. The molecule has 1 aliphatic heterocycles. The molecule has 0 atom stereocenters. The quantitative estimate of drug-likeness (QED) is 0.606. The molecule has 4 rings (SSSR count). The summed E-state index contributed by atoms with van der Waals surface area (Å²) in [7, 11) is -1.99. The zero-order chi connectivity index (χ0) is 20.6. The fourth-order valence-electron chi connectivity index (χ4n) is 3.44. The second-order valence-corrected chi connectivity index (χ2v) is 9.71. The van der Waals surface area contributed by atoms with Crippen LogP contribution in [0.2, 0.25) is 0 Å². The highest BCUT2D eigenvalue weighted by atomic mass is 32.2. The molecule has 0 radical (unpaired) electrons. The van der Waals surface area contributed by atoms with Gasteiger partial charge in [-0.2, -0.15) is 4.31 Å². The van der Waals surface area contributed by atoms with Crippen molar-refractivity contribution in [3.05, 3.63) is 57.5 Å². The van der Waals surface area contributed by atoms with E-state index in [1.807, 2.05) is 12.3 Å². The molecule has 1 saturated heterocycles. The van der Waals surface area contributed by atoms with E-state index >= 15 is 0 Å². The number of aromatic nitrogens is 2. The van der Waals surface area contributed by atoms with Crippen LogP contribution in [-0.4, -0.2) is 60.3 Å². The molecule has 0 amide bonds. The van der Waals surface area contributed by atoms with Gasteiger partial charge in [-0.3, -0.25) is 14.1 Å². The number of methoxy groups -OCH3 is 1. The van der Waals surface area contributed by atoms with Crippen molar-refractivity contribution in [1.29, 1.82) is 0 Å². The first-order valence-electron chi connectivity index (χ1n) is 9.22. The summed E-state index contributed by atoms with van der Waals surface area (Å²) < 4.78 is 33.9. The van der Waals surface area contributed by atoms with Crippen LogP contribution in [0, 0.1) is 6.92 Å². The number of nitrogens with zero attached hydrogens (tertiary/aromatic N) is 4. The van der Waals surface area contributed by atoms with E-state index in [2.05, 4.69) is 9.88 Å². The largest absolute Gasteiger partial charge is 0.497 e. The number of aryl methyl sites for hydroxylation is 1. The van der Waals surface area contributed by atoms with Crippen LogP contribution in [0.4, 0.5) is 0 Å². The predicted octanol–water partition coefficient (Wildman–Crippen LogP) is 1.58. The Morgan fingerprint density at radius 2 is 1.83 bits per heavy atom. The molecule has 29 heavy (non-hydrogen) atoms. The van der Waals surface area contributed by atoms with Gasteiger partial charge in [0.05, 0.1) is 17.7 Å². The third-order valence-electron chi connectivity index (χ3n) is 5.04. The fourth-order valence-corrected chi connectivity index (χ4v) is 5.75. The zero-order valence-corrected chi connectivity index (χ0v) is 17.9. The highest BCUT2D eigenvalue weighted by Crippen LogP contribution is 2.21. The Morgan fingerprint density at radius 1 is 1.14 bits per heavy atom. The number of fused-ring (bicyclic) bond motifs is 1. The summed E-state index contributed by atoms with van der Waals surface area (Å²) in [5.41, 5.74) is 1.51. The van der Waals surface area contributed by atoms with Crippen LogP contribution in [-0.2, 0) is 16.6 Å². The Hall–Kier alpha value is -2.27. The minimum atomic E-state index is -3.53. The number of rotatable bonds is 5. The average Bonchev–Trinajstić information content (AvgIpc) is 3.09. The van der Waals surface area contributed by atoms with Crippen molar-refractivity contribution in [1.82, 2.24) is 18.6 Å². The lowest BCUT2D eigenvalue weighted by molar-refractivity contribution is 0.180. The third kappa shape index (κ3) is 3.93. The molecule has 8 nitrogen and oxygen atoms in total. The minimum Gasteiger partial charge on any atom is -0.497 e. The molecule has 10 heteroatoms. The van der Waals surface area contributed by atoms with E-state index in [1.165, 1.54) is 15.6 Å². The van der Waals surface area contributed by atoms with Gasteiger partial charge in [0.15, 0.2) is 4.96 Å². The van der Waals surface area contributed by atoms with Gasteiger partial charge in [0.25, 0.3) is 5.56 Å². The number of hydrogen-bond donors (Lipinski definition) is 0. The van der Waals surface area contributed by atoms with Crippen LogP contribution in [0.3, 0.4) is 0 Å². The van der Waals surface area contributed by atoms with Crippen LogP contribution < -0.4 is 10.3 Å². The lowest BCUT2D eigenvalue weighted by atomic mass is 10.3. The second-order valence-electron chi connectivity index (χ2n) is 6.94. The molecule has 3 heterocycles. The van der Waals surface area contributed by atoms with Gasteiger partial charge in [0, 0.05) is 49.9 Å². The lowest BCUT2D eigenvalue weighted by Gasteiger charge is -2.33. The van der Waals surface area contributed by atoms with Crippen LogP contribution in [0.1, 0.15) is 11.4 Å². The van der Waals surface area contributed by atoms with Crippen molar-refractivity contribution in [2.45, 2.75) is 18.4 Å². The summed E-state index contributed by atoms with van der Waals surface area (Å²) in [6.07, 6.45) is 0. The number of thiazole rings is 1. The van der Waals surface area contributed by atoms with E-state index in [4.69, 9.17) is 4.74 Å². The molecule has 1 aliphatic rings. The first-order valence-corrected chi connectivity index (χ1v) is 11.5. The summed E-state index contributed by atoms with van der Waals surface area (Å²) in [5.74, 6) is 0.620. The Labute approximate surface area is 173 Å². The third-order valence-corrected chi connectivity index (χ3v) is 7.90. The van der Waals surface area contributed by atoms with Crippen molar-refractivity contribution in [3.8, 4) is 5.75 Å². The Morgan fingerprint density at radius 3 is 2.48 bits per heavy atom. The lowest BCUT2D eigenvalue weighted by Crippen LogP contribution is -2.48. The van der Waals surface area contributed by atoms with E-state index in [-0.39, 0.29) is 10.5 Å². The summed E-state index contributed by atoms with van der Waals surface area (Å²) in [6.45, 7) is 4.37. The van der Waals surface area contributed by atoms with E-state index in [9.17, 15) is 13.2 Å². The van der Waals surface area contributed by atoms with Gasteiger partial charge in [0.1, 0.15) is 5.75 Å². The highest BCUT2D eigenvalue weighted by molar-refractivity contribution is 7.89. The number of hydrogen-bond acceptors (Lipinski definition) is 7. The molecule has 0 bridgehead atoms. The molecule has 0 saturated carbocycles. The molecular formula is C19H22N4O4S2. The van der Waals surface area contributed by atoms with Gasteiger partial charge in [0.2, 0.25) is 10.0 Å². The fraction of sp³-hybridized carbons (Fsp3) is 0.368. The van der Waals surface area contributed by atoms with Crippen molar-refractivity contribution < 1.29 is 13.2 Å². The number of benzene rings is 1. The number of ether oxygens (including phenoxy) is 1. The SMILES string of the molecule is COc1ccc(S(=O)(=O)N2CCN(Cc3cc(=O)n4c(C)csc4n3)CC2)cc1. The number of piperazine rings is 1. The van der Waals surface area contributed by atoms with Gasteiger partial charge in [-0.25, -0.2) is 13.4 Å². The standard InChI is InChI=1S/C19H22N4O4S2/c1-14-13-28-19-20-15(11-18(24)23(14)19)12-21-7-9-22(10-8-21)29(25,26)17-5-3-16(27-2)4-6-17/h3-6,11,13H,7-10,12H2,1-2H3. The molecule has 1 aromatic carbocycles. The van der Waals surface area contributed by atoms with Crippen LogP contribution >= 0.6 is 11.3 Å². The molecule has 3 aromatic rings.